The molecule has 0 radical (unpaired) electrons. The average molecular weight is 896 g/mol. The Morgan fingerprint density at radius 2 is 0.722 bits per heavy atom. The Morgan fingerprint density at radius 3 is 0.926 bits per heavy atom. The normalized spacial score (nSPS) is 14.4. The van der Waals surface area contributed by atoms with Gasteiger partial charge in [-0.05, 0) is 51.9 Å². The number of nitrogens with zero attached hydrogens (tertiary/aromatic N) is 3. The van der Waals surface area contributed by atoms with Crippen LogP contribution in [0.5, 0.6) is 0 Å². The third-order valence-corrected chi connectivity index (χ3v) is 10.5. The smallest absolute Gasteiger partial charge is 0.339 e. The van der Waals surface area contributed by atoms with Crippen LogP contribution in [-0.2, 0) is 32.3 Å². The van der Waals surface area contributed by atoms with Crippen LogP contribution in [0.4, 0.5) is 0 Å². The Bertz CT molecular complexity index is 1020. The highest BCUT2D eigenvalue weighted by atomic mass is 31.2. The van der Waals surface area contributed by atoms with Crippen molar-refractivity contribution in [1.29, 1.82) is 0 Å². The SMILES string of the molecule is C1COCCN1.N.O=P(O)(O)CN(CCCCCCN(CP(=O)(O)O)CP(=O)(O)O)CCCCCCN(CP(=O)(O)O)CP(=O)(O)O.OCCOCCO. The van der Waals surface area contributed by atoms with Gasteiger partial charge in [0, 0.05) is 13.1 Å². The van der Waals surface area contributed by atoms with E-state index >= 15 is 0 Å². The second kappa shape index (κ2) is 32.3. The van der Waals surface area contributed by atoms with Gasteiger partial charge in [-0.25, -0.2) is 0 Å². The van der Waals surface area contributed by atoms with E-state index in [1.165, 1.54) is 0 Å². The molecule has 0 aromatic heterocycles. The Balaban J connectivity index is -0.00000155. The molecule has 1 rings (SSSR count). The van der Waals surface area contributed by atoms with E-state index in [2.05, 4.69) is 10.1 Å². The fourth-order valence-corrected chi connectivity index (χ4v) is 8.89. The van der Waals surface area contributed by atoms with E-state index in [9.17, 15) is 32.6 Å². The van der Waals surface area contributed by atoms with Crippen molar-refractivity contribution in [3.8, 4) is 0 Å². The maximum Gasteiger partial charge on any atom is 0.339 e. The predicted molar refractivity (Wildman–Crippen MR) is 200 cm³/mol. The van der Waals surface area contributed by atoms with Gasteiger partial charge in [0.15, 0.2) is 0 Å². The monoisotopic (exact) mass is 895 g/mol. The van der Waals surface area contributed by atoms with E-state index in [1.807, 2.05) is 0 Å². The first-order valence-electron chi connectivity index (χ1n) is 16.8. The zero-order chi connectivity index (χ0) is 41.0. The molecule has 0 bridgehead atoms. The molecule has 1 saturated heterocycles. The predicted octanol–water partition coefficient (Wildman–Crippen LogP) is -0.555. The van der Waals surface area contributed by atoms with Crippen LogP contribution >= 0.6 is 38.0 Å². The molecular formula is C25H66N5O19P5. The van der Waals surface area contributed by atoms with Crippen LogP contribution in [0.15, 0.2) is 0 Å². The van der Waals surface area contributed by atoms with Gasteiger partial charge in [0.05, 0.1) is 39.6 Å². The molecular weight excluding hydrogens is 829 g/mol. The van der Waals surface area contributed by atoms with E-state index in [-0.39, 0.29) is 32.5 Å². The molecule has 0 spiro atoms. The second-order valence-electron chi connectivity index (χ2n) is 12.2. The van der Waals surface area contributed by atoms with Crippen LogP contribution in [-0.4, -0.2) is 184 Å². The Kier molecular flexibility index (Phi) is 35.1. The number of hydrogen-bond donors (Lipinski definition) is 14. The molecule has 0 saturated carbocycles. The number of nitrogens with one attached hydrogen (secondary N) is 1. The largest absolute Gasteiger partial charge is 0.394 e. The maximum atomic E-state index is 11.5. The highest BCUT2D eigenvalue weighted by Gasteiger charge is 2.26. The lowest BCUT2D eigenvalue weighted by Gasteiger charge is -2.24. The average Bonchev–Trinajstić information content (AvgIpc) is 2.98. The van der Waals surface area contributed by atoms with Gasteiger partial charge < -0.3 is 80.1 Å². The lowest BCUT2D eigenvalue weighted by Crippen LogP contribution is -2.30. The molecule has 0 aliphatic carbocycles. The van der Waals surface area contributed by atoms with Crippen molar-refractivity contribution >= 4 is 38.0 Å². The number of aliphatic hydroxyl groups is 2. The summed E-state index contributed by atoms with van der Waals surface area (Å²) >= 11 is 0. The molecule has 0 aromatic rings. The molecule has 0 aromatic carbocycles. The highest BCUT2D eigenvalue weighted by Crippen LogP contribution is 2.42. The van der Waals surface area contributed by atoms with E-state index in [1.54, 1.807) is 4.90 Å². The minimum atomic E-state index is -4.51. The molecule has 330 valence electrons. The van der Waals surface area contributed by atoms with Gasteiger partial charge in [0.2, 0.25) is 0 Å². The van der Waals surface area contributed by atoms with Crippen molar-refractivity contribution in [1.82, 2.24) is 26.2 Å². The minimum Gasteiger partial charge on any atom is -0.394 e. The summed E-state index contributed by atoms with van der Waals surface area (Å²) in [6, 6.07) is 0. The molecule has 16 N–H and O–H groups in total. The first-order valence-corrected chi connectivity index (χ1v) is 25.8. The van der Waals surface area contributed by atoms with Crippen LogP contribution in [0.25, 0.3) is 0 Å². The number of unbranched alkanes of at least 4 members (excludes halogenated alkanes) is 6. The van der Waals surface area contributed by atoms with Crippen LogP contribution in [0, 0.1) is 0 Å². The van der Waals surface area contributed by atoms with Gasteiger partial charge in [-0.2, -0.15) is 0 Å². The molecule has 29 heteroatoms. The number of ether oxygens (including phenoxy) is 2. The fourth-order valence-electron chi connectivity index (χ4n) is 4.72. The molecule has 1 heterocycles. The van der Waals surface area contributed by atoms with Gasteiger partial charge in [0.25, 0.3) is 0 Å². The lowest BCUT2D eigenvalue weighted by atomic mass is 10.1. The summed E-state index contributed by atoms with van der Waals surface area (Å²) in [7, 11) is -22.4. The van der Waals surface area contributed by atoms with Gasteiger partial charge in [0.1, 0.15) is 31.4 Å². The maximum absolute atomic E-state index is 11.5. The quantitative estimate of drug-likeness (QED) is 0.0346. The first kappa shape index (κ1) is 58.7. The first-order chi connectivity index (χ1) is 24.4. The number of rotatable bonds is 28. The Labute approximate surface area is 317 Å². The number of hydrogen-bond acceptors (Lipinski definition) is 14. The Hall–Kier alpha value is 0.390. The van der Waals surface area contributed by atoms with Crippen LogP contribution in [0.1, 0.15) is 51.4 Å². The summed E-state index contributed by atoms with van der Waals surface area (Å²) in [5.74, 6) is 0. The zero-order valence-corrected chi connectivity index (χ0v) is 35.2. The van der Waals surface area contributed by atoms with Gasteiger partial charge >= 0.3 is 38.0 Å². The molecule has 0 amide bonds. The van der Waals surface area contributed by atoms with Crippen molar-refractivity contribution in [2.75, 3.05) is 110 Å². The Morgan fingerprint density at radius 1 is 0.463 bits per heavy atom. The number of aliphatic hydroxyl groups excluding tert-OH is 2. The van der Waals surface area contributed by atoms with E-state index < -0.39 is 69.4 Å². The third-order valence-electron chi connectivity index (χ3n) is 6.64. The highest BCUT2D eigenvalue weighted by molar-refractivity contribution is 7.53. The molecule has 54 heavy (non-hydrogen) atoms. The van der Waals surface area contributed by atoms with Crippen molar-refractivity contribution < 1.29 is 91.4 Å². The van der Waals surface area contributed by atoms with Gasteiger partial charge in [-0.15, -0.1) is 0 Å². The standard InChI is InChI=1S/C17H44N3O15P5.C4H9NO.C4H10O3.H3N/c21-36(22,23)13-18(9-5-1-3-7-11-19(14-37(24,25)26)15-38(27,28)29)10-6-2-4-8-12-20(16-39(30,31)32)17-40(33,34)35;1-3-6-4-2-5-1;5-1-3-7-4-2-6;/h1-17H2,(H2,21,22,23)(H2,24,25,26)(H2,27,28,29)(H2,30,31,32)(H2,33,34,35);5H,1-4H2;5-6H,1-4H2;1H3. The molecule has 1 aliphatic rings. The van der Waals surface area contributed by atoms with E-state index in [0.717, 1.165) is 36.1 Å². The topological polar surface area (TPSA) is 403 Å². The zero-order valence-electron chi connectivity index (χ0n) is 30.7. The number of morpholine rings is 1. The van der Waals surface area contributed by atoms with E-state index in [4.69, 9.17) is 54.1 Å². The lowest BCUT2D eigenvalue weighted by molar-refractivity contribution is 0.0650. The fraction of sp³-hybridized carbons (Fsp3) is 1.00. The summed E-state index contributed by atoms with van der Waals surface area (Å²) in [6.07, 6.45) is 0.664. The van der Waals surface area contributed by atoms with Crippen LogP contribution in [0.3, 0.4) is 0 Å². The molecule has 1 fully saturated rings. The van der Waals surface area contributed by atoms with Crippen molar-refractivity contribution in [2.45, 2.75) is 51.4 Å². The summed E-state index contributed by atoms with van der Waals surface area (Å²) in [6.45, 7) is 5.36. The molecule has 0 atom stereocenters. The second-order valence-corrected chi connectivity index (χ2v) is 20.2. The van der Waals surface area contributed by atoms with Gasteiger partial charge in [-0.3, -0.25) is 37.5 Å². The summed E-state index contributed by atoms with van der Waals surface area (Å²) in [4.78, 5) is 95.1. The minimum absolute atomic E-state index is 0. The third kappa shape index (κ3) is 48.5. The van der Waals surface area contributed by atoms with Crippen molar-refractivity contribution in [3.63, 3.8) is 0 Å². The van der Waals surface area contributed by atoms with Crippen LogP contribution in [0.2, 0.25) is 0 Å². The summed E-state index contributed by atoms with van der Waals surface area (Å²) < 4.78 is 65.9. The molecule has 0 unspecified atom stereocenters. The molecule has 1 aliphatic heterocycles. The van der Waals surface area contributed by atoms with Gasteiger partial charge in [-0.1, -0.05) is 25.7 Å². The summed E-state index contributed by atoms with van der Waals surface area (Å²) in [5, 5.41) is 19.3. The molecule has 24 nitrogen and oxygen atoms in total. The van der Waals surface area contributed by atoms with Crippen LogP contribution < -0.4 is 11.5 Å². The van der Waals surface area contributed by atoms with Crippen molar-refractivity contribution in [3.05, 3.63) is 0 Å². The summed E-state index contributed by atoms with van der Waals surface area (Å²) in [5.41, 5.74) is 0. The van der Waals surface area contributed by atoms with Crippen molar-refractivity contribution in [2.24, 2.45) is 0 Å². The van der Waals surface area contributed by atoms with E-state index in [0.29, 0.717) is 77.7 Å².